The number of aryl methyl sites for hydroxylation is 1. The molecule has 0 saturated heterocycles. The SMILES string of the molecule is CCN(CC)S(=O)(=O)c1ccc(C)c(NC(=O)CN(C)C(c2ccccc2)c2ccc(F)cc2)c1. The highest BCUT2D eigenvalue weighted by molar-refractivity contribution is 7.89. The topological polar surface area (TPSA) is 69.7 Å². The van der Waals surface area contributed by atoms with Crippen LogP contribution in [0.5, 0.6) is 0 Å². The molecular weight excluding hydrogens is 465 g/mol. The zero-order valence-electron chi connectivity index (χ0n) is 20.5. The number of carbonyl (C=O) groups excluding carboxylic acids is 1. The number of nitrogens with one attached hydrogen (secondary N) is 1. The highest BCUT2D eigenvalue weighted by Crippen LogP contribution is 2.28. The van der Waals surface area contributed by atoms with Crippen LogP contribution in [0.3, 0.4) is 0 Å². The van der Waals surface area contributed by atoms with Crippen molar-refractivity contribution in [3.63, 3.8) is 0 Å². The third-order valence-corrected chi connectivity index (χ3v) is 8.01. The molecule has 0 aromatic heterocycles. The van der Waals surface area contributed by atoms with Crippen molar-refractivity contribution in [3.8, 4) is 0 Å². The minimum absolute atomic E-state index is 0.0450. The number of halogens is 1. The van der Waals surface area contributed by atoms with E-state index in [1.54, 1.807) is 38.1 Å². The first-order valence-corrected chi connectivity index (χ1v) is 13.0. The van der Waals surface area contributed by atoms with E-state index in [-0.39, 0.29) is 29.2 Å². The Hall–Kier alpha value is -3.07. The number of likely N-dealkylation sites (N-methyl/N-ethyl adjacent to an activating group) is 1. The van der Waals surface area contributed by atoms with Crippen molar-refractivity contribution in [2.24, 2.45) is 0 Å². The summed E-state index contributed by atoms with van der Waals surface area (Å²) in [5, 5.41) is 2.87. The van der Waals surface area contributed by atoms with Crippen LogP contribution in [0.4, 0.5) is 10.1 Å². The first-order chi connectivity index (χ1) is 16.7. The second-order valence-electron chi connectivity index (χ2n) is 8.39. The standard InChI is InChI=1S/C27H32FN3O3S/c1-5-31(6-2)35(33,34)24-17-12-20(3)25(18-24)29-26(32)19-30(4)27(21-10-8-7-9-11-21)22-13-15-23(28)16-14-22/h7-18,27H,5-6,19H2,1-4H3,(H,29,32). The average Bonchev–Trinajstić information content (AvgIpc) is 2.83. The summed E-state index contributed by atoms with van der Waals surface area (Å²) < 4.78 is 40.8. The number of nitrogens with zero attached hydrogens (tertiary/aromatic N) is 2. The molecule has 0 heterocycles. The van der Waals surface area contributed by atoms with Gasteiger partial charge in [0.2, 0.25) is 15.9 Å². The second-order valence-corrected chi connectivity index (χ2v) is 10.3. The van der Waals surface area contributed by atoms with Crippen molar-refractivity contribution in [1.29, 1.82) is 0 Å². The van der Waals surface area contributed by atoms with Gasteiger partial charge in [-0.3, -0.25) is 9.69 Å². The van der Waals surface area contributed by atoms with Crippen molar-refractivity contribution < 1.29 is 17.6 Å². The smallest absolute Gasteiger partial charge is 0.243 e. The minimum atomic E-state index is -3.65. The van der Waals surface area contributed by atoms with Crippen LogP contribution in [0.25, 0.3) is 0 Å². The molecule has 1 amide bonds. The summed E-state index contributed by atoms with van der Waals surface area (Å²) in [7, 11) is -1.82. The van der Waals surface area contributed by atoms with Crippen LogP contribution >= 0.6 is 0 Å². The van der Waals surface area contributed by atoms with Gasteiger partial charge in [0.15, 0.2) is 0 Å². The third kappa shape index (κ3) is 6.33. The lowest BCUT2D eigenvalue weighted by Gasteiger charge is -2.28. The summed E-state index contributed by atoms with van der Waals surface area (Å²) in [4.78, 5) is 15.1. The number of hydrogen-bond donors (Lipinski definition) is 1. The Bertz CT molecular complexity index is 1240. The van der Waals surface area contributed by atoms with Gasteiger partial charge in [0.25, 0.3) is 0 Å². The van der Waals surface area contributed by atoms with Crippen molar-refractivity contribution in [1.82, 2.24) is 9.21 Å². The molecule has 0 bridgehead atoms. The first-order valence-electron chi connectivity index (χ1n) is 11.6. The molecular formula is C27H32FN3O3S. The first kappa shape index (κ1) is 26.5. The molecule has 3 aromatic carbocycles. The number of rotatable bonds is 10. The Labute approximate surface area is 207 Å². The molecule has 8 heteroatoms. The lowest BCUT2D eigenvalue weighted by atomic mass is 9.97. The molecule has 0 aliphatic carbocycles. The summed E-state index contributed by atoms with van der Waals surface area (Å²) in [6, 6.07) is 20.4. The molecule has 35 heavy (non-hydrogen) atoms. The molecule has 1 atom stereocenters. The van der Waals surface area contributed by atoms with Gasteiger partial charge in [0.1, 0.15) is 5.82 Å². The van der Waals surface area contributed by atoms with Gasteiger partial charge in [-0.1, -0.05) is 62.4 Å². The van der Waals surface area contributed by atoms with Crippen LogP contribution in [-0.4, -0.2) is 50.2 Å². The Morgan fingerprint density at radius 1 is 0.943 bits per heavy atom. The van der Waals surface area contributed by atoms with Crippen molar-refractivity contribution in [2.75, 3.05) is 32.0 Å². The van der Waals surface area contributed by atoms with Gasteiger partial charge in [-0.15, -0.1) is 0 Å². The second kappa shape index (κ2) is 11.6. The highest BCUT2D eigenvalue weighted by Gasteiger charge is 2.24. The van der Waals surface area contributed by atoms with E-state index in [4.69, 9.17) is 0 Å². The number of carbonyl (C=O) groups is 1. The van der Waals surface area contributed by atoms with Crippen molar-refractivity contribution >= 4 is 21.6 Å². The number of amides is 1. The van der Waals surface area contributed by atoms with Gasteiger partial charge >= 0.3 is 0 Å². The maximum Gasteiger partial charge on any atom is 0.243 e. The maximum atomic E-state index is 13.5. The fourth-order valence-corrected chi connectivity index (χ4v) is 5.58. The zero-order chi connectivity index (χ0) is 25.6. The summed E-state index contributed by atoms with van der Waals surface area (Å²) in [5.74, 6) is -0.605. The molecule has 186 valence electrons. The molecule has 0 radical (unpaired) electrons. The molecule has 0 aliphatic rings. The molecule has 3 rings (SSSR count). The van der Waals surface area contributed by atoms with E-state index in [1.165, 1.54) is 22.5 Å². The van der Waals surface area contributed by atoms with E-state index in [2.05, 4.69) is 5.32 Å². The summed E-state index contributed by atoms with van der Waals surface area (Å²) in [6.07, 6.45) is 0. The van der Waals surface area contributed by atoms with E-state index in [1.807, 2.05) is 49.2 Å². The maximum absolute atomic E-state index is 13.5. The lowest BCUT2D eigenvalue weighted by Crippen LogP contribution is -2.34. The quantitative estimate of drug-likeness (QED) is 0.436. The van der Waals surface area contributed by atoms with E-state index >= 15 is 0 Å². The summed E-state index contributed by atoms with van der Waals surface area (Å²) in [6.45, 7) is 6.17. The van der Waals surface area contributed by atoms with Gasteiger partial charge in [-0.25, -0.2) is 12.8 Å². The van der Waals surface area contributed by atoms with E-state index in [9.17, 15) is 17.6 Å². The van der Waals surface area contributed by atoms with Gasteiger partial charge in [-0.2, -0.15) is 4.31 Å². The van der Waals surface area contributed by atoms with Gasteiger partial charge in [0, 0.05) is 18.8 Å². The van der Waals surface area contributed by atoms with Crippen LogP contribution < -0.4 is 5.32 Å². The monoisotopic (exact) mass is 497 g/mol. The van der Waals surface area contributed by atoms with Crippen LogP contribution in [0, 0.1) is 12.7 Å². The number of benzene rings is 3. The Kier molecular flexibility index (Phi) is 8.77. The Morgan fingerprint density at radius 2 is 1.54 bits per heavy atom. The van der Waals surface area contributed by atoms with Crippen LogP contribution in [0.2, 0.25) is 0 Å². The fraction of sp³-hybridized carbons (Fsp3) is 0.296. The van der Waals surface area contributed by atoms with Crippen molar-refractivity contribution in [3.05, 3.63) is 95.3 Å². The number of sulfonamides is 1. The number of anilines is 1. The molecule has 1 N–H and O–H groups in total. The lowest BCUT2D eigenvalue weighted by molar-refractivity contribution is -0.117. The Morgan fingerprint density at radius 3 is 2.14 bits per heavy atom. The third-order valence-electron chi connectivity index (χ3n) is 5.96. The Balaban J connectivity index is 1.83. The van der Waals surface area contributed by atoms with E-state index in [0.717, 1.165) is 16.7 Å². The summed E-state index contributed by atoms with van der Waals surface area (Å²) in [5.41, 5.74) is 3.04. The number of hydrogen-bond acceptors (Lipinski definition) is 4. The minimum Gasteiger partial charge on any atom is -0.325 e. The van der Waals surface area contributed by atoms with Gasteiger partial charge in [-0.05, 0) is 54.9 Å². The molecule has 3 aromatic rings. The largest absolute Gasteiger partial charge is 0.325 e. The molecule has 0 saturated carbocycles. The highest BCUT2D eigenvalue weighted by atomic mass is 32.2. The summed E-state index contributed by atoms with van der Waals surface area (Å²) >= 11 is 0. The van der Waals surface area contributed by atoms with Crippen LogP contribution in [0.15, 0.2) is 77.7 Å². The van der Waals surface area contributed by atoms with Gasteiger partial charge < -0.3 is 5.32 Å². The predicted molar refractivity (Wildman–Crippen MR) is 137 cm³/mol. The van der Waals surface area contributed by atoms with Crippen LogP contribution in [0.1, 0.15) is 36.6 Å². The molecule has 0 spiro atoms. The van der Waals surface area contributed by atoms with Crippen LogP contribution in [-0.2, 0) is 14.8 Å². The molecule has 0 aliphatic heterocycles. The predicted octanol–water partition coefficient (Wildman–Crippen LogP) is 4.82. The van der Waals surface area contributed by atoms with E-state index in [0.29, 0.717) is 18.8 Å². The molecule has 1 unspecified atom stereocenters. The average molecular weight is 498 g/mol. The van der Waals surface area contributed by atoms with E-state index < -0.39 is 10.0 Å². The zero-order valence-corrected chi connectivity index (χ0v) is 21.3. The van der Waals surface area contributed by atoms with Gasteiger partial charge in [0.05, 0.1) is 17.5 Å². The molecule has 6 nitrogen and oxygen atoms in total. The normalized spacial score (nSPS) is 12.7. The molecule has 0 fully saturated rings. The van der Waals surface area contributed by atoms with Crippen molar-refractivity contribution in [2.45, 2.75) is 31.7 Å². The fourth-order valence-electron chi connectivity index (χ4n) is 4.10.